The Hall–Kier alpha value is -2.87. The van der Waals surface area contributed by atoms with Gasteiger partial charge in [-0.1, -0.05) is 18.2 Å². The Kier molecular flexibility index (Phi) is 8.01. The van der Waals surface area contributed by atoms with Gasteiger partial charge in [0, 0.05) is 18.7 Å². The number of nitrogens with one attached hydrogen (secondary N) is 1. The molecule has 0 bridgehead atoms. The lowest BCUT2D eigenvalue weighted by Gasteiger charge is -2.29. The Bertz CT molecular complexity index is 734. The molecule has 0 aliphatic heterocycles. The number of likely N-dealkylation sites (N-methyl/N-ethyl adjacent to an activating group) is 1. The van der Waals surface area contributed by atoms with Crippen molar-refractivity contribution in [3.05, 3.63) is 42.6 Å². The van der Waals surface area contributed by atoms with Crippen molar-refractivity contribution >= 4 is 11.9 Å². The highest BCUT2D eigenvalue weighted by molar-refractivity contribution is 5.68. The highest BCUT2D eigenvalue weighted by Gasteiger charge is 2.22. The van der Waals surface area contributed by atoms with Crippen LogP contribution in [0.25, 0.3) is 0 Å². The van der Waals surface area contributed by atoms with Gasteiger partial charge in [-0.2, -0.15) is 4.98 Å². The Morgan fingerprint density at radius 2 is 1.86 bits per heavy atom. The van der Waals surface area contributed by atoms with Gasteiger partial charge in [-0.05, 0) is 12.1 Å². The number of carboxylic acid groups (broad SMARTS) is 1. The average Bonchev–Trinajstić information content (AvgIpc) is 2.60. The van der Waals surface area contributed by atoms with Crippen LogP contribution >= 0.6 is 0 Å². The van der Waals surface area contributed by atoms with Crippen molar-refractivity contribution in [2.45, 2.75) is 18.9 Å². The number of aliphatic carboxylic acids is 1. The van der Waals surface area contributed by atoms with E-state index in [1.807, 2.05) is 51.5 Å². The summed E-state index contributed by atoms with van der Waals surface area (Å²) in [6.45, 7) is 1.63. The summed E-state index contributed by atoms with van der Waals surface area (Å²) in [6, 6.07) is 11.0. The third-order valence-electron chi connectivity index (χ3n) is 3.70. The fraction of sp³-hybridized carbons (Fsp3) is 0.450. The highest BCUT2D eigenvalue weighted by Crippen LogP contribution is 2.13. The summed E-state index contributed by atoms with van der Waals surface area (Å²) < 4.78 is 11.9. The van der Waals surface area contributed by atoms with E-state index >= 15 is 0 Å². The van der Waals surface area contributed by atoms with Gasteiger partial charge in [-0.15, -0.1) is 0 Å². The van der Waals surface area contributed by atoms with Crippen LogP contribution < -0.4 is 14.8 Å². The molecule has 1 unspecified atom stereocenters. The zero-order valence-electron chi connectivity index (χ0n) is 16.7. The van der Waals surface area contributed by atoms with Crippen molar-refractivity contribution in [3.8, 4) is 11.6 Å². The number of nitrogens with zero attached hydrogens (tertiary/aromatic N) is 3. The van der Waals surface area contributed by atoms with Gasteiger partial charge in [0.1, 0.15) is 5.75 Å². The Labute approximate surface area is 165 Å². The summed E-state index contributed by atoms with van der Waals surface area (Å²) in [5.41, 5.74) is 0. The van der Waals surface area contributed by atoms with E-state index in [1.165, 1.54) is 0 Å². The number of quaternary nitrogens is 1. The number of anilines is 1. The van der Waals surface area contributed by atoms with Gasteiger partial charge >= 0.3 is 5.97 Å². The van der Waals surface area contributed by atoms with E-state index in [-0.39, 0.29) is 12.5 Å². The maximum Gasteiger partial charge on any atom is 0.305 e. The van der Waals surface area contributed by atoms with E-state index in [4.69, 9.17) is 14.6 Å². The third kappa shape index (κ3) is 8.68. The molecule has 2 rings (SSSR count). The molecule has 1 aromatic carbocycles. The molecule has 0 saturated carbocycles. The van der Waals surface area contributed by atoms with Crippen LogP contribution in [0.1, 0.15) is 12.8 Å². The van der Waals surface area contributed by atoms with Crippen LogP contribution in [0.5, 0.6) is 11.6 Å². The highest BCUT2D eigenvalue weighted by atomic mass is 16.5. The second kappa shape index (κ2) is 10.5. The third-order valence-corrected chi connectivity index (χ3v) is 3.70. The first-order valence-corrected chi connectivity index (χ1v) is 9.24. The number of aromatic nitrogens is 2. The smallest absolute Gasteiger partial charge is 0.305 e. The summed E-state index contributed by atoms with van der Waals surface area (Å²) in [7, 11) is 6.03. The number of hydrogen-bond donors (Lipinski definition) is 2. The maximum atomic E-state index is 11.1. The van der Waals surface area contributed by atoms with E-state index in [0.717, 1.165) is 5.75 Å². The second-order valence-corrected chi connectivity index (χ2v) is 7.49. The number of hydrogen-bond acceptors (Lipinski definition) is 6. The fourth-order valence-electron chi connectivity index (χ4n) is 2.65. The molecular formula is C20H29N4O4+. The van der Waals surface area contributed by atoms with Crippen molar-refractivity contribution in [2.24, 2.45) is 0 Å². The number of carboxylic acids is 1. The molecule has 8 heteroatoms. The van der Waals surface area contributed by atoms with Gasteiger partial charge in [-0.25, -0.2) is 4.98 Å². The number of benzene rings is 1. The molecule has 0 fully saturated rings. The van der Waals surface area contributed by atoms with Crippen LogP contribution in [0.15, 0.2) is 42.6 Å². The van der Waals surface area contributed by atoms with Crippen LogP contribution in [-0.2, 0) is 4.79 Å². The molecule has 28 heavy (non-hydrogen) atoms. The first kappa shape index (κ1) is 21.4. The molecule has 152 valence electrons. The number of ether oxygens (including phenoxy) is 2. The number of carbonyl (C=O) groups is 1. The Morgan fingerprint density at radius 3 is 2.54 bits per heavy atom. The van der Waals surface area contributed by atoms with Crippen molar-refractivity contribution in [1.29, 1.82) is 0 Å². The van der Waals surface area contributed by atoms with Crippen LogP contribution in [-0.4, -0.2) is 72.5 Å². The quantitative estimate of drug-likeness (QED) is 0.425. The van der Waals surface area contributed by atoms with E-state index < -0.39 is 5.97 Å². The van der Waals surface area contributed by atoms with Gasteiger partial charge in [0.15, 0.2) is 0 Å². The van der Waals surface area contributed by atoms with Crippen LogP contribution in [0.4, 0.5) is 5.95 Å². The van der Waals surface area contributed by atoms with Crippen molar-refractivity contribution in [1.82, 2.24) is 9.97 Å². The lowest BCUT2D eigenvalue weighted by atomic mass is 10.2. The van der Waals surface area contributed by atoms with E-state index in [2.05, 4.69) is 15.3 Å². The molecule has 0 aliphatic carbocycles. The first-order chi connectivity index (χ1) is 13.3. The number of rotatable bonds is 12. The van der Waals surface area contributed by atoms with Gasteiger partial charge in [0.2, 0.25) is 11.8 Å². The first-order valence-electron chi connectivity index (χ1n) is 9.24. The van der Waals surface area contributed by atoms with Crippen molar-refractivity contribution in [3.63, 3.8) is 0 Å². The molecule has 8 nitrogen and oxygen atoms in total. The molecule has 1 aromatic heterocycles. The molecular weight excluding hydrogens is 360 g/mol. The van der Waals surface area contributed by atoms with Crippen LogP contribution in [0, 0.1) is 0 Å². The predicted octanol–water partition coefficient (Wildman–Crippen LogP) is 2.29. The summed E-state index contributed by atoms with van der Waals surface area (Å²) in [4.78, 5) is 19.6. The zero-order chi connectivity index (χ0) is 20.4. The lowest BCUT2D eigenvalue weighted by molar-refractivity contribution is -0.870. The minimum Gasteiger partial charge on any atom is -0.493 e. The number of para-hydroxylation sites is 1. The molecule has 0 amide bonds. The van der Waals surface area contributed by atoms with Gasteiger partial charge in [0.25, 0.3) is 0 Å². The van der Waals surface area contributed by atoms with Crippen molar-refractivity contribution in [2.75, 3.05) is 46.2 Å². The molecule has 2 aromatic rings. The molecule has 0 radical (unpaired) electrons. The Morgan fingerprint density at radius 1 is 1.14 bits per heavy atom. The normalized spacial score (nSPS) is 12.2. The van der Waals surface area contributed by atoms with Crippen molar-refractivity contribution < 1.29 is 23.9 Å². The SMILES string of the molecule is C[N+](C)(C)CC(CC(=O)O)Nc1nccc(OCCCOc2ccccc2)n1. The predicted molar refractivity (Wildman–Crippen MR) is 107 cm³/mol. The summed E-state index contributed by atoms with van der Waals surface area (Å²) in [5, 5.41) is 12.2. The lowest BCUT2D eigenvalue weighted by Crippen LogP contribution is -2.45. The molecule has 1 heterocycles. The molecule has 0 spiro atoms. The second-order valence-electron chi connectivity index (χ2n) is 7.49. The van der Waals surface area contributed by atoms with Crippen LogP contribution in [0.3, 0.4) is 0 Å². The van der Waals surface area contributed by atoms with Gasteiger partial charge < -0.3 is 24.4 Å². The largest absolute Gasteiger partial charge is 0.493 e. The summed E-state index contributed by atoms with van der Waals surface area (Å²) >= 11 is 0. The minimum absolute atomic E-state index is 0.0131. The van der Waals surface area contributed by atoms with Crippen LogP contribution in [0.2, 0.25) is 0 Å². The topological polar surface area (TPSA) is 93.6 Å². The summed E-state index contributed by atoms with van der Waals surface area (Å²) in [5.74, 6) is 0.767. The average molecular weight is 389 g/mol. The van der Waals surface area contributed by atoms with Gasteiger partial charge in [0.05, 0.1) is 53.4 Å². The monoisotopic (exact) mass is 389 g/mol. The maximum absolute atomic E-state index is 11.1. The standard InChI is InChI=1S/C20H28N4O4/c1-24(2,3)15-16(14-19(25)26)22-20-21-11-10-18(23-20)28-13-7-12-27-17-8-5-4-6-9-17/h4-6,8-11,16H,7,12-15H2,1-3H3,(H-,21,22,23,25,26)/p+1. The molecule has 0 saturated heterocycles. The minimum atomic E-state index is -0.864. The van der Waals surface area contributed by atoms with E-state index in [9.17, 15) is 4.79 Å². The Balaban J connectivity index is 1.82. The zero-order valence-corrected chi connectivity index (χ0v) is 16.7. The van der Waals surface area contributed by atoms with E-state index in [0.29, 0.717) is 42.5 Å². The molecule has 2 N–H and O–H groups in total. The van der Waals surface area contributed by atoms with Gasteiger partial charge in [-0.3, -0.25) is 4.79 Å². The molecule has 1 atom stereocenters. The molecule has 0 aliphatic rings. The van der Waals surface area contributed by atoms with E-state index in [1.54, 1.807) is 12.3 Å². The fourth-order valence-corrected chi connectivity index (χ4v) is 2.65. The summed E-state index contributed by atoms with van der Waals surface area (Å²) in [6.07, 6.45) is 2.29.